The monoisotopic (exact) mass is 316 g/mol. The van der Waals surface area contributed by atoms with E-state index < -0.39 is 0 Å². The Labute approximate surface area is 100 Å². The highest BCUT2D eigenvalue weighted by Crippen LogP contribution is 2.22. The van der Waals surface area contributed by atoms with Crippen LogP contribution in [0.2, 0.25) is 5.02 Å². The lowest BCUT2D eigenvalue weighted by atomic mass is 10.2. The number of rotatable bonds is 1. The van der Waals surface area contributed by atoms with Crippen LogP contribution in [0, 0.1) is 3.57 Å². The summed E-state index contributed by atoms with van der Waals surface area (Å²) in [6.45, 7) is 0. The molecule has 2 rings (SSSR count). The fourth-order valence-electron chi connectivity index (χ4n) is 1.07. The maximum atomic E-state index is 5.88. The summed E-state index contributed by atoms with van der Waals surface area (Å²) in [5.74, 6) is 0. The summed E-state index contributed by atoms with van der Waals surface area (Å²) >= 11 is 8.05. The molecule has 0 amide bonds. The Bertz CT molecular complexity index is 445. The van der Waals surface area contributed by atoms with Crippen molar-refractivity contribution in [3.63, 3.8) is 0 Å². The van der Waals surface area contributed by atoms with Gasteiger partial charge in [0.2, 0.25) is 0 Å². The Morgan fingerprint density at radius 1 is 1.14 bits per heavy atom. The topological polar surface area (TPSA) is 25.8 Å². The summed E-state index contributed by atoms with van der Waals surface area (Å²) in [5, 5.41) is 0.672. The van der Waals surface area contributed by atoms with Crippen LogP contribution in [0.25, 0.3) is 11.4 Å². The van der Waals surface area contributed by atoms with E-state index in [4.69, 9.17) is 11.6 Å². The minimum Gasteiger partial charge on any atom is -0.255 e. The van der Waals surface area contributed by atoms with Gasteiger partial charge in [-0.05, 0) is 40.8 Å². The zero-order valence-electron chi connectivity index (χ0n) is 7.11. The third kappa shape index (κ3) is 2.04. The van der Waals surface area contributed by atoms with Gasteiger partial charge in [0.1, 0.15) is 0 Å². The Hall–Kier alpha value is -0.680. The molecule has 0 radical (unpaired) electrons. The maximum Gasteiger partial charge on any atom is 0.0897 e. The summed E-state index contributed by atoms with van der Waals surface area (Å²) < 4.78 is 0.986. The Morgan fingerprint density at radius 2 is 2.00 bits per heavy atom. The van der Waals surface area contributed by atoms with Crippen molar-refractivity contribution in [1.29, 1.82) is 0 Å². The minimum absolute atomic E-state index is 0.672. The molecule has 0 aromatic carbocycles. The fourth-order valence-corrected chi connectivity index (χ4v) is 1.61. The molecule has 0 atom stereocenters. The van der Waals surface area contributed by atoms with Gasteiger partial charge in [0.05, 0.1) is 16.4 Å². The number of hydrogen-bond acceptors (Lipinski definition) is 2. The molecule has 0 unspecified atom stereocenters. The number of aromatic nitrogens is 2. The van der Waals surface area contributed by atoms with Crippen molar-refractivity contribution in [3.8, 4) is 11.4 Å². The molecular formula is C10H6ClIN2. The van der Waals surface area contributed by atoms with Crippen molar-refractivity contribution in [3.05, 3.63) is 45.3 Å². The lowest BCUT2D eigenvalue weighted by Crippen LogP contribution is -1.87. The van der Waals surface area contributed by atoms with Crippen molar-refractivity contribution >= 4 is 34.2 Å². The number of halogens is 2. The van der Waals surface area contributed by atoms with Crippen molar-refractivity contribution in [2.24, 2.45) is 0 Å². The lowest BCUT2D eigenvalue weighted by Gasteiger charge is -2.00. The Morgan fingerprint density at radius 3 is 2.64 bits per heavy atom. The summed E-state index contributed by atoms with van der Waals surface area (Å²) in [7, 11) is 0. The van der Waals surface area contributed by atoms with Crippen molar-refractivity contribution in [2.45, 2.75) is 0 Å². The molecule has 0 saturated carbocycles. The SMILES string of the molecule is Clc1cnc(-c2ccccn2)cc1I. The van der Waals surface area contributed by atoms with E-state index >= 15 is 0 Å². The number of hydrogen-bond donors (Lipinski definition) is 0. The van der Waals surface area contributed by atoms with E-state index in [2.05, 4.69) is 32.6 Å². The maximum absolute atomic E-state index is 5.88. The van der Waals surface area contributed by atoms with Gasteiger partial charge in [0, 0.05) is 16.0 Å². The Balaban J connectivity index is 2.48. The van der Waals surface area contributed by atoms with Gasteiger partial charge < -0.3 is 0 Å². The molecule has 14 heavy (non-hydrogen) atoms. The lowest BCUT2D eigenvalue weighted by molar-refractivity contribution is 1.24. The van der Waals surface area contributed by atoms with Crippen LogP contribution in [0.4, 0.5) is 0 Å². The van der Waals surface area contributed by atoms with Crippen LogP contribution in [0.15, 0.2) is 36.7 Å². The summed E-state index contributed by atoms with van der Waals surface area (Å²) in [4.78, 5) is 8.42. The second-order valence-corrected chi connectivity index (χ2v) is 4.27. The standard InChI is InChI=1S/C10H6ClIN2/c11-7-6-14-10(5-8(7)12)9-3-1-2-4-13-9/h1-6H. The van der Waals surface area contributed by atoms with E-state index in [1.165, 1.54) is 0 Å². The van der Waals surface area contributed by atoms with Crippen LogP contribution in [0.3, 0.4) is 0 Å². The van der Waals surface area contributed by atoms with Crippen LogP contribution in [0.5, 0.6) is 0 Å². The summed E-state index contributed by atoms with van der Waals surface area (Å²) in [6.07, 6.45) is 3.39. The molecule has 4 heteroatoms. The molecule has 0 saturated heterocycles. The zero-order chi connectivity index (χ0) is 9.97. The van der Waals surface area contributed by atoms with E-state index in [0.29, 0.717) is 5.02 Å². The van der Waals surface area contributed by atoms with Crippen LogP contribution in [0.1, 0.15) is 0 Å². The van der Waals surface area contributed by atoms with E-state index in [1.54, 1.807) is 12.4 Å². The fraction of sp³-hybridized carbons (Fsp3) is 0. The highest BCUT2D eigenvalue weighted by molar-refractivity contribution is 14.1. The molecule has 2 nitrogen and oxygen atoms in total. The predicted molar refractivity (Wildman–Crippen MR) is 65.2 cm³/mol. The highest BCUT2D eigenvalue weighted by Gasteiger charge is 2.02. The first-order valence-corrected chi connectivity index (χ1v) is 5.45. The van der Waals surface area contributed by atoms with Gasteiger partial charge in [-0.1, -0.05) is 17.7 Å². The van der Waals surface area contributed by atoms with Gasteiger partial charge in [-0.15, -0.1) is 0 Å². The van der Waals surface area contributed by atoms with Gasteiger partial charge in [0.15, 0.2) is 0 Å². The van der Waals surface area contributed by atoms with Crippen LogP contribution in [-0.2, 0) is 0 Å². The molecule has 0 aliphatic heterocycles. The molecule has 0 N–H and O–H groups in total. The van der Waals surface area contributed by atoms with Crippen molar-refractivity contribution < 1.29 is 0 Å². The highest BCUT2D eigenvalue weighted by atomic mass is 127. The van der Waals surface area contributed by atoms with Gasteiger partial charge in [0.25, 0.3) is 0 Å². The van der Waals surface area contributed by atoms with Crippen LogP contribution < -0.4 is 0 Å². The third-order valence-electron chi connectivity index (χ3n) is 1.74. The average Bonchev–Trinajstić information content (AvgIpc) is 2.23. The molecule has 0 aliphatic rings. The van der Waals surface area contributed by atoms with Gasteiger partial charge in [-0.2, -0.15) is 0 Å². The Kier molecular flexibility index (Phi) is 2.98. The predicted octanol–water partition coefficient (Wildman–Crippen LogP) is 3.40. The van der Waals surface area contributed by atoms with Crippen molar-refractivity contribution in [2.75, 3.05) is 0 Å². The van der Waals surface area contributed by atoms with Crippen LogP contribution in [-0.4, -0.2) is 9.97 Å². The molecule has 0 spiro atoms. The summed E-state index contributed by atoms with van der Waals surface area (Å²) in [5.41, 5.74) is 1.71. The molecule has 0 aliphatic carbocycles. The average molecular weight is 317 g/mol. The smallest absolute Gasteiger partial charge is 0.0897 e. The molecule has 70 valence electrons. The second kappa shape index (κ2) is 4.23. The minimum atomic E-state index is 0.672. The van der Waals surface area contributed by atoms with E-state index in [1.807, 2.05) is 24.3 Å². The normalized spacial score (nSPS) is 10.1. The van der Waals surface area contributed by atoms with E-state index in [0.717, 1.165) is 15.0 Å². The summed E-state index contributed by atoms with van der Waals surface area (Å²) in [6, 6.07) is 7.66. The number of nitrogens with zero attached hydrogens (tertiary/aromatic N) is 2. The molecule has 2 heterocycles. The van der Waals surface area contributed by atoms with Gasteiger partial charge in [-0.3, -0.25) is 9.97 Å². The number of pyridine rings is 2. The first-order chi connectivity index (χ1) is 6.77. The molecule has 2 aromatic heterocycles. The second-order valence-electron chi connectivity index (χ2n) is 2.70. The van der Waals surface area contributed by atoms with Crippen LogP contribution >= 0.6 is 34.2 Å². The first-order valence-electron chi connectivity index (χ1n) is 4.00. The first kappa shape index (κ1) is 9.86. The van der Waals surface area contributed by atoms with E-state index in [9.17, 15) is 0 Å². The molecule has 2 aromatic rings. The molecule has 0 fully saturated rings. The quantitative estimate of drug-likeness (QED) is 0.754. The third-order valence-corrected chi connectivity index (χ3v) is 3.25. The largest absolute Gasteiger partial charge is 0.255 e. The zero-order valence-corrected chi connectivity index (χ0v) is 10.0. The van der Waals surface area contributed by atoms with Gasteiger partial charge in [-0.25, -0.2) is 0 Å². The van der Waals surface area contributed by atoms with Crippen molar-refractivity contribution in [1.82, 2.24) is 9.97 Å². The molecule has 0 bridgehead atoms. The van der Waals surface area contributed by atoms with Gasteiger partial charge >= 0.3 is 0 Å². The molecular weight excluding hydrogens is 310 g/mol. The van der Waals surface area contributed by atoms with E-state index in [-0.39, 0.29) is 0 Å².